The predicted molar refractivity (Wildman–Crippen MR) is 70.3 cm³/mol. The zero-order chi connectivity index (χ0) is 13.9. The van der Waals surface area contributed by atoms with Gasteiger partial charge in [0.1, 0.15) is 18.2 Å². The van der Waals surface area contributed by atoms with Gasteiger partial charge in [-0.05, 0) is 31.2 Å². The van der Waals surface area contributed by atoms with Crippen molar-refractivity contribution in [3.63, 3.8) is 0 Å². The summed E-state index contributed by atoms with van der Waals surface area (Å²) < 4.78 is 29.6. The molecular formula is C12H15N3O3S. The van der Waals surface area contributed by atoms with E-state index >= 15 is 0 Å². The summed E-state index contributed by atoms with van der Waals surface area (Å²) in [4.78, 5) is 4.18. The van der Waals surface area contributed by atoms with Crippen LogP contribution in [0, 0.1) is 6.92 Å². The highest BCUT2D eigenvalue weighted by molar-refractivity contribution is 7.89. The van der Waals surface area contributed by atoms with Crippen LogP contribution in [0.5, 0.6) is 5.75 Å². The number of benzene rings is 1. The van der Waals surface area contributed by atoms with E-state index < -0.39 is 10.0 Å². The maximum Gasteiger partial charge on any atom is 0.238 e. The van der Waals surface area contributed by atoms with E-state index in [-0.39, 0.29) is 4.90 Å². The molecule has 0 bridgehead atoms. The molecule has 0 spiro atoms. The Balaban J connectivity index is 1.92. The van der Waals surface area contributed by atoms with Gasteiger partial charge in [0.15, 0.2) is 0 Å². The highest BCUT2D eigenvalue weighted by atomic mass is 32.2. The van der Waals surface area contributed by atoms with Crippen LogP contribution >= 0.6 is 0 Å². The van der Waals surface area contributed by atoms with E-state index in [9.17, 15) is 8.42 Å². The second-order valence-electron chi connectivity index (χ2n) is 4.03. The number of nitrogens with zero attached hydrogens (tertiary/aromatic N) is 2. The van der Waals surface area contributed by atoms with Crippen molar-refractivity contribution >= 4 is 10.0 Å². The van der Waals surface area contributed by atoms with Crippen LogP contribution in [0.4, 0.5) is 0 Å². The van der Waals surface area contributed by atoms with Crippen LogP contribution in [-0.4, -0.2) is 24.6 Å². The van der Waals surface area contributed by atoms with Crippen LogP contribution in [0.1, 0.15) is 5.82 Å². The van der Waals surface area contributed by atoms with E-state index in [1.807, 2.05) is 17.7 Å². The van der Waals surface area contributed by atoms with E-state index in [1.54, 1.807) is 18.3 Å². The fourth-order valence-electron chi connectivity index (χ4n) is 1.63. The summed E-state index contributed by atoms with van der Waals surface area (Å²) in [6.07, 6.45) is 3.61. The van der Waals surface area contributed by atoms with Crippen LogP contribution in [0.15, 0.2) is 41.6 Å². The van der Waals surface area contributed by atoms with Crippen molar-refractivity contribution in [1.29, 1.82) is 0 Å². The number of ether oxygens (including phenoxy) is 1. The number of sulfonamides is 1. The lowest BCUT2D eigenvalue weighted by atomic mass is 10.3. The van der Waals surface area contributed by atoms with Gasteiger partial charge in [-0.3, -0.25) is 0 Å². The Morgan fingerprint density at radius 2 is 2.00 bits per heavy atom. The first-order valence-electron chi connectivity index (χ1n) is 5.70. The second kappa shape index (κ2) is 5.41. The molecule has 1 aromatic heterocycles. The molecule has 0 aliphatic rings. The minimum atomic E-state index is -3.65. The van der Waals surface area contributed by atoms with Gasteiger partial charge in [0.2, 0.25) is 10.0 Å². The van der Waals surface area contributed by atoms with Crippen molar-refractivity contribution in [2.75, 3.05) is 6.61 Å². The molecule has 2 rings (SSSR count). The fraction of sp³-hybridized carbons (Fsp3) is 0.250. The minimum absolute atomic E-state index is 0.0744. The molecule has 2 N–H and O–H groups in total. The average Bonchev–Trinajstić information content (AvgIpc) is 2.75. The first kappa shape index (κ1) is 13.6. The highest BCUT2D eigenvalue weighted by Crippen LogP contribution is 2.14. The van der Waals surface area contributed by atoms with Crippen molar-refractivity contribution in [3.05, 3.63) is 42.5 Å². The molecule has 0 amide bonds. The Bertz CT molecular complexity index is 647. The maximum atomic E-state index is 11.1. The summed E-state index contributed by atoms with van der Waals surface area (Å²) in [5.74, 6) is 1.53. The molecule has 0 saturated carbocycles. The number of nitrogens with two attached hydrogens (primary N) is 1. The van der Waals surface area contributed by atoms with Gasteiger partial charge < -0.3 is 9.30 Å². The van der Waals surface area contributed by atoms with Crippen molar-refractivity contribution in [2.24, 2.45) is 5.14 Å². The summed E-state index contributed by atoms with van der Waals surface area (Å²) in [5, 5.41) is 5.01. The molecule has 1 heterocycles. The third kappa shape index (κ3) is 3.55. The summed E-state index contributed by atoms with van der Waals surface area (Å²) in [7, 11) is -3.65. The number of hydrogen-bond acceptors (Lipinski definition) is 4. The van der Waals surface area contributed by atoms with Crippen LogP contribution in [0.2, 0.25) is 0 Å². The minimum Gasteiger partial charge on any atom is -0.492 e. The first-order chi connectivity index (χ1) is 8.97. The van der Waals surface area contributed by atoms with Crippen LogP contribution < -0.4 is 9.88 Å². The Kier molecular flexibility index (Phi) is 3.87. The number of rotatable bonds is 5. The molecule has 0 unspecified atom stereocenters. The number of aromatic nitrogens is 2. The Hall–Kier alpha value is -1.86. The van der Waals surface area contributed by atoms with Gasteiger partial charge >= 0.3 is 0 Å². The zero-order valence-electron chi connectivity index (χ0n) is 10.5. The smallest absolute Gasteiger partial charge is 0.238 e. The van der Waals surface area contributed by atoms with E-state index in [0.29, 0.717) is 18.9 Å². The van der Waals surface area contributed by atoms with Crippen molar-refractivity contribution < 1.29 is 13.2 Å². The van der Waals surface area contributed by atoms with Gasteiger partial charge in [-0.15, -0.1) is 0 Å². The molecule has 2 aromatic rings. The van der Waals surface area contributed by atoms with Gasteiger partial charge in [0.05, 0.1) is 11.4 Å². The quantitative estimate of drug-likeness (QED) is 0.882. The third-order valence-corrected chi connectivity index (χ3v) is 3.61. The molecule has 0 radical (unpaired) electrons. The normalized spacial score (nSPS) is 11.5. The Morgan fingerprint density at radius 1 is 1.32 bits per heavy atom. The molecule has 19 heavy (non-hydrogen) atoms. The summed E-state index contributed by atoms with van der Waals surface area (Å²) in [6.45, 7) is 3.08. The molecule has 0 aliphatic heterocycles. The first-order valence-corrected chi connectivity index (χ1v) is 7.25. The van der Waals surface area contributed by atoms with Crippen molar-refractivity contribution in [2.45, 2.75) is 18.4 Å². The van der Waals surface area contributed by atoms with Crippen LogP contribution in [0.3, 0.4) is 0 Å². The van der Waals surface area contributed by atoms with Crippen molar-refractivity contribution in [1.82, 2.24) is 9.55 Å². The third-order valence-electron chi connectivity index (χ3n) is 2.68. The lowest BCUT2D eigenvalue weighted by Gasteiger charge is -2.08. The Morgan fingerprint density at radius 3 is 2.53 bits per heavy atom. The monoisotopic (exact) mass is 281 g/mol. The summed E-state index contributed by atoms with van der Waals surface area (Å²) in [6, 6.07) is 6.02. The number of aryl methyl sites for hydroxylation is 1. The molecule has 1 aromatic carbocycles. The fourth-order valence-corrected chi connectivity index (χ4v) is 2.14. The molecular weight excluding hydrogens is 266 g/mol. The van der Waals surface area contributed by atoms with Gasteiger partial charge in [-0.25, -0.2) is 18.5 Å². The van der Waals surface area contributed by atoms with Gasteiger partial charge in [-0.2, -0.15) is 0 Å². The van der Waals surface area contributed by atoms with Crippen molar-refractivity contribution in [3.8, 4) is 5.75 Å². The standard InChI is InChI=1S/C12H15N3O3S/c1-10-14-6-7-15(10)8-9-18-11-2-4-12(5-3-11)19(13,16)17/h2-7H,8-9H2,1H3,(H2,13,16,17). The lowest BCUT2D eigenvalue weighted by Crippen LogP contribution is -2.12. The van der Waals surface area contributed by atoms with E-state index in [2.05, 4.69) is 4.98 Å². The van der Waals surface area contributed by atoms with Gasteiger partial charge in [0.25, 0.3) is 0 Å². The zero-order valence-corrected chi connectivity index (χ0v) is 11.3. The SMILES string of the molecule is Cc1nccn1CCOc1ccc(S(N)(=O)=O)cc1. The second-order valence-corrected chi connectivity index (χ2v) is 5.59. The molecule has 0 aliphatic carbocycles. The summed E-state index contributed by atoms with van der Waals surface area (Å²) >= 11 is 0. The van der Waals surface area contributed by atoms with E-state index in [1.165, 1.54) is 12.1 Å². The lowest BCUT2D eigenvalue weighted by molar-refractivity contribution is 0.297. The molecule has 102 valence electrons. The summed E-state index contributed by atoms with van der Waals surface area (Å²) in [5.41, 5.74) is 0. The highest BCUT2D eigenvalue weighted by Gasteiger charge is 2.06. The van der Waals surface area contributed by atoms with Gasteiger partial charge in [-0.1, -0.05) is 0 Å². The van der Waals surface area contributed by atoms with Crippen LogP contribution in [-0.2, 0) is 16.6 Å². The molecule has 0 fully saturated rings. The molecule has 7 heteroatoms. The topological polar surface area (TPSA) is 87.2 Å². The van der Waals surface area contributed by atoms with Gasteiger partial charge in [0, 0.05) is 12.4 Å². The van der Waals surface area contributed by atoms with Crippen LogP contribution in [0.25, 0.3) is 0 Å². The molecule has 6 nitrogen and oxygen atoms in total. The average molecular weight is 281 g/mol. The molecule has 0 atom stereocenters. The van der Waals surface area contributed by atoms with E-state index in [4.69, 9.17) is 9.88 Å². The molecule has 0 saturated heterocycles. The largest absolute Gasteiger partial charge is 0.492 e. The number of imidazole rings is 1. The van der Waals surface area contributed by atoms with E-state index in [0.717, 1.165) is 5.82 Å². The number of primary sulfonamides is 1. The number of hydrogen-bond donors (Lipinski definition) is 1. The predicted octanol–water partition coefficient (Wildman–Crippen LogP) is 0.918. The maximum absolute atomic E-state index is 11.1. The Labute approximate surface area is 111 Å².